The number of anilines is 2. The largest absolute Gasteiger partial charge is 0.455 e. The summed E-state index contributed by atoms with van der Waals surface area (Å²) in [5, 5.41) is 14.7. The third kappa shape index (κ3) is 5.61. The fourth-order valence-corrected chi connectivity index (χ4v) is 4.31. The maximum Gasteiger partial charge on any atom is 0.407 e. The van der Waals surface area contributed by atoms with E-state index < -0.39 is 11.7 Å². The van der Waals surface area contributed by atoms with Crippen LogP contribution in [0.3, 0.4) is 0 Å². The first-order valence-corrected chi connectivity index (χ1v) is 12.6. The van der Waals surface area contributed by atoms with Crippen molar-refractivity contribution in [1.29, 1.82) is 0 Å². The van der Waals surface area contributed by atoms with Crippen LogP contribution in [-0.4, -0.2) is 43.0 Å². The molecule has 0 atom stereocenters. The molecule has 0 unspecified atom stereocenters. The Bertz CT molecular complexity index is 1620. The fourth-order valence-electron chi connectivity index (χ4n) is 3.89. The highest BCUT2D eigenvalue weighted by Gasteiger charge is 2.16. The van der Waals surface area contributed by atoms with E-state index in [-0.39, 0.29) is 0 Å². The van der Waals surface area contributed by atoms with Crippen LogP contribution in [0.15, 0.2) is 55.1 Å². The van der Waals surface area contributed by atoms with Gasteiger partial charge in [0, 0.05) is 25.0 Å². The summed E-state index contributed by atoms with van der Waals surface area (Å²) < 4.78 is 13.3. The van der Waals surface area contributed by atoms with Gasteiger partial charge in [0.1, 0.15) is 28.9 Å². The molecular weight excluding hydrogens is 529 g/mol. The molecule has 2 aromatic carbocycles. The topological polar surface area (TPSA) is 119 Å². The Labute approximate surface area is 228 Å². The monoisotopic (exact) mass is 553 g/mol. The van der Waals surface area contributed by atoms with Gasteiger partial charge >= 0.3 is 6.09 Å². The number of ether oxygens (including phenoxy) is 2. The number of hydrogen-bond donors (Lipinski definition) is 3. The van der Waals surface area contributed by atoms with Gasteiger partial charge in [-0.3, -0.25) is 5.10 Å². The van der Waals surface area contributed by atoms with Crippen LogP contribution in [0.25, 0.3) is 21.9 Å². The number of aromatic amines is 1. The lowest BCUT2D eigenvalue weighted by molar-refractivity contribution is 0.0526. The van der Waals surface area contributed by atoms with Gasteiger partial charge in [-0.2, -0.15) is 5.10 Å². The predicted molar refractivity (Wildman–Crippen MR) is 148 cm³/mol. The molecule has 3 aromatic heterocycles. The normalized spacial score (nSPS) is 11.6. The molecule has 0 saturated heterocycles. The van der Waals surface area contributed by atoms with Crippen molar-refractivity contribution in [2.24, 2.45) is 0 Å². The number of fused-ring (bicyclic) bond motifs is 2. The zero-order valence-corrected chi connectivity index (χ0v) is 22.4. The smallest absolute Gasteiger partial charge is 0.407 e. The lowest BCUT2D eigenvalue weighted by atomic mass is 10.2. The number of carbonyl (C=O) groups is 1. The third-order valence-electron chi connectivity index (χ3n) is 5.51. The maximum atomic E-state index is 12.0. The van der Waals surface area contributed by atoms with Gasteiger partial charge < -0.3 is 24.7 Å². The number of benzene rings is 2. The molecular formula is C26H25Cl2N7O3. The van der Waals surface area contributed by atoms with Crippen molar-refractivity contribution in [3.8, 4) is 11.5 Å². The van der Waals surface area contributed by atoms with Gasteiger partial charge in [-0.05, 0) is 57.2 Å². The quantitative estimate of drug-likeness (QED) is 0.205. The molecule has 3 N–H and O–H groups in total. The molecule has 12 heteroatoms. The Morgan fingerprint density at radius 1 is 1.08 bits per heavy atom. The van der Waals surface area contributed by atoms with E-state index in [1.54, 1.807) is 30.5 Å². The third-order valence-corrected chi connectivity index (χ3v) is 6.12. The lowest BCUT2D eigenvalue weighted by Crippen LogP contribution is -2.34. The van der Waals surface area contributed by atoms with Crippen molar-refractivity contribution < 1.29 is 14.3 Å². The minimum atomic E-state index is -0.558. The van der Waals surface area contributed by atoms with Crippen LogP contribution in [-0.2, 0) is 11.3 Å². The molecule has 0 spiro atoms. The van der Waals surface area contributed by atoms with Crippen LogP contribution in [0, 0.1) is 0 Å². The minimum absolute atomic E-state index is 0.375. The Hall–Kier alpha value is -4.02. The molecule has 196 valence electrons. The number of nitrogens with zero attached hydrogens (tertiary/aromatic N) is 4. The molecule has 1 amide bonds. The van der Waals surface area contributed by atoms with Gasteiger partial charge in [-0.25, -0.2) is 14.8 Å². The van der Waals surface area contributed by atoms with Crippen LogP contribution in [0.2, 0.25) is 10.0 Å². The summed E-state index contributed by atoms with van der Waals surface area (Å²) in [7, 11) is 0. The number of H-pyrrole nitrogens is 1. The summed E-state index contributed by atoms with van der Waals surface area (Å²) in [6.45, 7) is 6.34. The summed E-state index contributed by atoms with van der Waals surface area (Å²) in [6.07, 6.45) is 4.57. The SMILES string of the molecule is CC(C)(C)OC(=O)NCCn1ccc2ncnc(Nc3ccc(Oc4ccc(Cl)c5[nH]ncc45)c(Cl)c3)c21. The highest BCUT2D eigenvalue weighted by molar-refractivity contribution is 6.35. The van der Waals surface area contributed by atoms with Crippen molar-refractivity contribution in [1.82, 2.24) is 30.0 Å². The molecule has 0 aliphatic carbocycles. The van der Waals surface area contributed by atoms with E-state index in [0.29, 0.717) is 51.7 Å². The number of carbonyl (C=O) groups excluding carboxylic acids is 1. The highest BCUT2D eigenvalue weighted by Crippen LogP contribution is 2.37. The number of hydrogen-bond acceptors (Lipinski definition) is 7. The van der Waals surface area contributed by atoms with Crippen molar-refractivity contribution in [3.05, 3.63) is 65.2 Å². The van der Waals surface area contributed by atoms with Crippen molar-refractivity contribution in [2.75, 3.05) is 11.9 Å². The summed E-state index contributed by atoms with van der Waals surface area (Å²) in [4.78, 5) is 20.8. The van der Waals surface area contributed by atoms with Gasteiger partial charge in [0.15, 0.2) is 5.82 Å². The second-order valence-electron chi connectivity index (χ2n) is 9.47. The molecule has 0 aliphatic heterocycles. The summed E-state index contributed by atoms with van der Waals surface area (Å²) in [5.41, 5.74) is 2.40. The first kappa shape index (κ1) is 25.6. The maximum absolute atomic E-state index is 12.0. The van der Waals surface area contributed by atoms with Crippen LogP contribution in [0.1, 0.15) is 20.8 Å². The van der Waals surface area contributed by atoms with E-state index in [4.69, 9.17) is 32.7 Å². The standard InChI is InChI=1S/C26H25Cl2N7O3/c1-26(2,3)38-25(36)29-9-11-35-10-8-19-23(35)24(31-14-30-19)33-15-4-6-21(18(28)12-15)37-20-7-5-17(27)22-16(20)13-32-34-22/h4-8,10,12-14H,9,11H2,1-3H3,(H,29,36)(H,32,34)(H,30,31,33). The summed E-state index contributed by atoms with van der Waals surface area (Å²) >= 11 is 12.8. The fraction of sp³-hybridized carbons (Fsp3) is 0.231. The highest BCUT2D eigenvalue weighted by atomic mass is 35.5. The van der Waals surface area contributed by atoms with Gasteiger partial charge in [0.05, 0.1) is 32.7 Å². The number of halogens is 2. The number of nitrogens with one attached hydrogen (secondary N) is 3. The number of aromatic nitrogens is 5. The van der Waals surface area contributed by atoms with E-state index in [1.165, 1.54) is 6.33 Å². The summed E-state index contributed by atoms with van der Waals surface area (Å²) in [6, 6.07) is 10.8. The predicted octanol–water partition coefficient (Wildman–Crippen LogP) is 6.68. The molecule has 3 heterocycles. The van der Waals surface area contributed by atoms with Gasteiger partial charge in [0.2, 0.25) is 0 Å². The van der Waals surface area contributed by atoms with Crippen LogP contribution in [0.5, 0.6) is 11.5 Å². The first-order valence-electron chi connectivity index (χ1n) is 11.8. The Morgan fingerprint density at radius 2 is 1.89 bits per heavy atom. The van der Waals surface area contributed by atoms with E-state index in [0.717, 1.165) is 16.4 Å². The van der Waals surface area contributed by atoms with Gasteiger partial charge in [-0.1, -0.05) is 23.2 Å². The first-order chi connectivity index (χ1) is 18.2. The molecule has 38 heavy (non-hydrogen) atoms. The van der Waals surface area contributed by atoms with E-state index in [2.05, 4.69) is 30.8 Å². The molecule has 0 saturated carbocycles. The van der Waals surface area contributed by atoms with Gasteiger partial charge in [-0.15, -0.1) is 0 Å². The second kappa shape index (κ2) is 10.4. The minimum Gasteiger partial charge on any atom is -0.455 e. The Kier molecular flexibility index (Phi) is 7.00. The average molecular weight is 554 g/mol. The molecule has 0 radical (unpaired) electrons. The molecule has 0 fully saturated rings. The van der Waals surface area contributed by atoms with E-state index in [9.17, 15) is 4.79 Å². The molecule has 0 bridgehead atoms. The number of alkyl carbamates (subject to hydrolysis) is 1. The zero-order chi connectivity index (χ0) is 26.9. The van der Waals surface area contributed by atoms with Crippen molar-refractivity contribution in [2.45, 2.75) is 32.9 Å². The molecule has 5 rings (SSSR count). The average Bonchev–Trinajstić information content (AvgIpc) is 3.50. The Balaban J connectivity index is 1.32. The van der Waals surface area contributed by atoms with Gasteiger partial charge in [0.25, 0.3) is 0 Å². The van der Waals surface area contributed by atoms with Crippen LogP contribution in [0.4, 0.5) is 16.3 Å². The van der Waals surface area contributed by atoms with Crippen molar-refractivity contribution in [3.63, 3.8) is 0 Å². The van der Waals surface area contributed by atoms with Crippen molar-refractivity contribution >= 4 is 62.7 Å². The zero-order valence-electron chi connectivity index (χ0n) is 20.9. The molecule has 5 aromatic rings. The lowest BCUT2D eigenvalue weighted by Gasteiger charge is -2.19. The van der Waals surface area contributed by atoms with Crippen LogP contribution >= 0.6 is 23.2 Å². The molecule has 10 nitrogen and oxygen atoms in total. The number of rotatable bonds is 7. The summed E-state index contributed by atoms with van der Waals surface area (Å²) in [5.74, 6) is 1.65. The van der Waals surface area contributed by atoms with E-state index >= 15 is 0 Å². The van der Waals surface area contributed by atoms with Crippen LogP contribution < -0.4 is 15.4 Å². The second-order valence-corrected chi connectivity index (χ2v) is 10.3. The Morgan fingerprint density at radius 3 is 2.68 bits per heavy atom. The number of amides is 1. The molecule has 0 aliphatic rings. The van der Waals surface area contributed by atoms with E-state index in [1.807, 2.05) is 43.7 Å².